The standard InChI is InChI=1S/C28H16F5NO4/c29-21-22(30)24(32)26(25(33)23(21)31)38-27(35)14-9-11-15(12-10-14)34-28(36)37-13-20-18-7-3-1-5-16(18)17-6-2-4-8-19(17)20/h1-12,20H,13H2,(H,34,36). The van der Waals surface area contributed by atoms with Crippen LogP contribution in [0.15, 0.2) is 72.8 Å². The molecule has 0 unspecified atom stereocenters. The summed E-state index contributed by atoms with van der Waals surface area (Å²) in [4.78, 5) is 24.6. The van der Waals surface area contributed by atoms with Crippen molar-refractivity contribution in [3.63, 3.8) is 0 Å². The Hall–Kier alpha value is -4.73. The Morgan fingerprint density at radius 1 is 0.684 bits per heavy atom. The van der Waals surface area contributed by atoms with Crippen LogP contribution in [0.5, 0.6) is 5.75 Å². The van der Waals surface area contributed by atoms with Gasteiger partial charge >= 0.3 is 12.1 Å². The van der Waals surface area contributed by atoms with Gasteiger partial charge in [0.15, 0.2) is 0 Å². The Morgan fingerprint density at radius 2 is 1.18 bits per heavy atom. The summed E-state index contributed by atoms with van der Waals surface area (Å²) in [5.41, 5.74) is 4.18. The van der Waals surface area contributed by atoms with Crippen molar-refractivity contribution in [2.24, 2.45) is 0 Å². The second kappa shape index (κ2) is 9.97. The van der Waals surface area contributed by atoms with Crippen LogP contribution in [-0.2, 0) is 4.74 Å². The number of fused-ring (bicyclic) bond motifs is 3. The number of amides is 1. The minimum absolute atomic E-state index is 0.0756. The monoisotopic (exact) mass is 525 g/mol. The van der Waals surface area contributed by atoms with Gasteiger partial charge in [-0.2, -0.15) is 8.78 Å². The fourth-order valence-corrected chi connectivity index (χ4v) is 4.27. The SMILES string of the molecule is O=C(Nc1ccc(C(=O)Oc2c(F)c(F)c(F)c(F)c2F)cc1)OCC1c2ccccc2-c2ccccc21. The first-order valence-corrected chi connectivity index (χ1v) is 11.2. The Kier molecular flexibility index (Phi) is 6.54. The fourth-order valence-electron chi connectivity index (χ4n) is 4.27. The molecular weight excluding hydrogens is 509 g/mol. The Balaban J connectivity index is 1.23. The van der Waals surface area contributed by atoms with E-state index < -0.39 is 46.9 Å². The van der Waals surface area contributed by atoms with Gasteiger partial charge in [0, 0.05) is 11.6 Å². The number of hydrogen-bond acceptors (Lipinski definition) is 4. The van der Waals surface area contributed by atoms with E-state index in [1.165, 1.54) is 12.1 Å². The number of esters is 1. The lowest BCUT2D eigenvalue weighted by Crippen LogP contribution is -2.18. The summed E-state index contributed by atoms with van der Waals surface area (Å²) >= 11 is 0. The highest BCUT2D eigenvalue weighted by atomic mass is 19.2. The van der Waals surface area contributed by atoms with E-state index in [9.17, 15) is 31.5 Å². The van der Waals surface area contributed by atoms with Gasteiger partial charge in [-0.25, -0.2) is 22.8 Å². The largest absolute Gasteiger partial charge is 0.448 e. The molecule has 5 rings (SSSR count). The minimum Gasteiger partial charge on any atom is -0.448 e. The normalized spacial score (nSPS) is 12.0. The van der Waals surface area contributed by atoms with E-state index in [0.717, 1.165) is 34.4 Å². The third kappa shape index (κ3) is 4.45. The van der Waals surface area contributed by atoms with Crippen LogP contribution in [0.1, 0.15) is 27.4 Å². The van der Waals surface area contributed by atoms with Crippen molar-refractivity contribution in [1.82, 2.24) is 0 Å². The van der Waals surface area contributed by atoms with Gasteiger partial charge in [0.2, 0.25) is 34.8 Å². The number of halogens is 5. The number of anilines is 1. The van der Waals surface area contributed by atoms with Crippen LogP contribution < -0.4 is 10.1 Å². The number of benzene rings is 4. The summed E-state index contributed by atoms with van der Waals surface area (Å²) in [7, 11) is 0. The first-order valence-electron chi connectivity index (χ1n) is 11.2. The fraction of sp³-hybridized carbons (Fsp3) is 0.0714. The number of hydrogen-bond donors (Lipinski definition) is 1. The maximum atomic E-state index is 13.8. The zero-order valence-corrected chi connectivity index (χ0v) is 19.2. The van der Waals surface area contributed by atoms with Gasteiger partial charge in [-0.3, -0.25) is 5.32 Å². The summed E-state index contributed by atoms with van der Waals surface area (Å²) in [5.74, 6) is -14.6. The lowest BCUT2D eigenvalue weighted by molar-refractivity contribution is 0.0716. The average Bonchev–Trinajstić information content (AvgIpc) is 3.26. The van der Waals surface area contributed by atoms with Crippen LogP contribution in [-0.4, -0.2) is 18.7 Å². The third-order valence-electron chi connectivity index (χ3n) is 6.07. The lowest BCUT2D eigenvalue weighted by atomic mass is 9.98. The van der Waals surface area contributed by atoms with Gasteiger partial charge < -0.3 is 9.47 Å². The van der Waals surface area contributed by atoms with Crippen LogP contribution in [0.4, 0.5) is 32.4 Å². The van der Waals surface area contributed by atoms with Crippen molar-refractivity contribution in [3.8, 4) is 16.9 Å². The molecule has 0 saturated heterocycles. The van der Waals surface area contributed by atoms with E-state index in [-0.39, 0.29) is 23.8 Å². The Bertz CT molecular complexity index is 1500. The molecule has 10 heteroatoms. The van der Waals surface area contributed by atoms with Gasteiger partial charge in [-0.1, -0.05) is 48.5 Å². The number of nitrogens with one attached hydrogen (secondary N) is 1. The van der Waals surface area contributed by atoms with Crippen LogP contribution in [0, 0.1) is 29.1 Å². The van der Waals surface area contributed by atoms with Crippen LogP contribution >= 0.6 is 0 Å². The second-order valence-corrected chi connectivity index (χ2v) is 8.32. The van der Waals surface area contributed by atoms with E-state index in [2.05, 4.69) is 10.1 Å². The number of rotatable bonds is 5. The maximum absolute atomic E-state index is 13.8. The topological polar surface area (TPSA) is 64.6 Å². The zero-order valence-electron chi connectivity index (χ0n) is 19.2. The first kappa shape index (κ1) is 24.9. The lowest BCUT2D eigenvalue weighted by Gasteiger charge is -2.14. The van der Waals surface area contributed by atoms with E-state index in [1.54, 1.807) is 0 Å². The van der Waals surface area contributed by atoms with Crippen molar-refractivity contribution in [1.29, 1.82) is 0 Å². The molecule has 4 aromatic carbocycles. The van der Waals surface area contributed by atoms with Gasteiger partial charge in [-0.05, 0) is 46.5 Å². The molecule has 1 aliphatic carbocycles. The minimum atomic E-state index is -2.37. The van der Waals surface area contributed by atoms with Crippen molar-refractivity contribution >= 4 is 17.7 Å². The molecular formula is C28H16F5NO4. The highest BCUT2D eigenvalue weighted by Crippen LogP contribution is 2.44. The summed E-state index contributed by atoms with van der Waals surface area (Å²) in [5, 5.41) is 2.49. The van der Waals surface area contributed by atoms with Crippen LogP contribution in [0.3, 0.4) is 0 Å². The molecule has 0 atom stereocenters. The summed E-state index contributed by atoms with van der Waals surface area (Å²) in [6.45, 7) is 0.0756. The molecule has 4 aromatic rings. The smallest absolute Gasteiger partial charge is 0.411 e. The molecule has 0 fully saturated rings. The van der Waals surface area contributed by atoms with Crippen LogP contribution in [0.25, 0.3) is 11.1 Å². The number of carbonyl (C=O) groups excluding carboxylic acids is 2. The molecule has 0 radical (unpaired) electrons. The summed E-state index contributed by atoms with van der Waals surface area (Å²) in [6.07, 6.45) is -0.761. The molecule has 5 nitrogen and oxygen atoms in total. The highest BCUT2D eigenvalue weighted by Gasteiger charge is 2.30. The van der Waals surface area contributed by atoms with Crippen molar-refractivity contribution in [3.05, 3.63) is 119 Å². The predicted octanol–water partition coefficient (Wildman–Crippen LogP) is 6.96. The third-order valence-corrected chi connectivity index (χ3v) is 6.07. The first-order chi connectivity index (χ1) is 18.3. The van der Waals surface area contributed by atoms with Gasteiger partial charge in [0.25, 0.3) is 0 Å². The van der Waals surface area contributed by atoms with Gasteiger partial charge in [-0.15, -0.1) is 0 Å². The molecule has 0 bridgehead atoms. The predicted molar refractivity (Wildman–Crippen MR) is 126 cm³/mol. The van der Waals surface area contributed by atoms with Gasteiger partial charge in [0.05, 0.1) is 5.56 Å². The van der Waals surface area contributed by atoms with E-state index in [4.69, 9.17) is 4.74 Å². The molecule has 1 N–H and O–H groups in total. The molecule has 38 heavy (non-hydrogen) atoms. The average molecular weight is 525 g/mol. The quantitative estimate of drug-likeness (QED) is 0.101. The van der Waals surface area contributed by atoms with Crippen molar-refractivity contribution in [2.75, 3.05) is 11.9 Å². The van der Waals surface area contributed by atoms with Crippen molar-refractivity contribution < 1.29 is 41.0 Å². The molecule has 1 aliphatic rings. The van der Waals surface area contributed by atoms with Crippen LogP contribution in [0.2, 0.25) is 0 Å². The Labute approximate surface area is 212 Å². The highest BCUT2D eigenvalue weighted by molar-refractivity contribution is 5.92. The zero-order chi connectivity index (χ0) is 27.0. The molecule has 0 spiro atoms. The Morgan fingerprint density at radius 3 is 1.74 bits per heavy atom. The van der Waals surface area contributed by atoms with E-state index in [1.807, 2.05) is 48.5 Å². The van der Waals surface area contributed by atoms with E-state index in [0.29, 0.717) is 0 Å². The molecule has 0 saturated carbocycles. The molecule has 1 amide bonds. The second-order valence-electron chi connectivity index (χ2n) is 8.32. The van der Waals surface area contributed by atoms with Crippen molar-refractivity contribution in [2.45, 2.75) is 5.92 Å². The van der Waals surface area contributed by atoms with E-state index >= 15 is 0 Å². The number of carbonyl (C=O) groups is 2. The number of ether oxygens (including phenoxy) is 2. The molecule has 0 aliphatic heterocycles. The summed E-state index contributed by atoms with van der Waals surface area (Å²) in [6, 6.07) is 20.5. The maximum Gasteiger partial charge on any atom is 0.411 e. The molecule has 192 valence electrons. The molecule has 0 aromatic heterocycles. The van der Waals surface area contributed by atoms with Gasteiger partial charge in [0.1, 0.15) is 6.61 Å². The summed E-state index contributed by atoms with van der Waals surface area (Å²) < 4.78 is 77.2. The molecule has 0 heterocycles.